The molecule has 0 aliphatic carbocycles. The van der Waals surface area contributed by atoms with Crippen LogP contribution in [-0.2, 0) is 12.6 Å². The largest absolute Gasteiger partial charge is 0.416 e. The molecule has 1 atom stereocenters. The number of benzene rings is 1. The summed E-state index contributed by atoms with van der Waals surface area (Å²) in [6, 6.07) is 5.36. The van der Waals surface area contributed by atoms with Gasteiger partial charge in [0.25, 0.3) is 0 Å². The standard InChI is InChI=1S/C16H23F3N2/c1-2-3-4-5-6-7-15(21-20)12-13-8-10-14(11-9-13)16(17,18)19/h2,8-11,15,21H,1,3-7,12,20H2. The topological polar surface area (TPSA) is 38.0 Å². The number of rotatable bonds is 9. The minimum Gasteiger partial charge on any atom is -0.271 e. The molecule has 2 nitrogen and oxygen atoms in total. The van der Waals surface area contributed by atoms with Gasteiger partial charge in [-0.3, -0.25) is 11.3 Å². The molecular weight excluding hydrogens is 277 g/mol. The number of halogens is 3. The summed E-state index contributed by atoms with van der Waals surface area (Å²) in [4.78, 5) is 0. The molecule has 0 bridgehead atoms. The second kappa shape index (κ2) is 8.85. The molecule has 0 amide bonds. The first-order valence-corrected chi connectivity index (χ1v) is 7.20. The Balaban J connectivity index is 2.44. The van der Waals surface area contributed by atoms with Crippen LogP contribution in [0, 0.1) is 0 Å². The number of allylic oxidation sites excluding steroid dienone is 1. The van der Waals surface area contributed by atoms with Gasteiger partial charge in [-0.25, -0.2) is 0 Å². The van der Waals surface area contributed by atoms with Crippen LogP contribution in [0.1, 0.15) is 43.2 Å². The van der Waals surface area contributed by atoms with Crippen molar-refractivity contribution in [3.63, 3.8) is 0 Å². The highest BCUT2D eigenvalue weighted by Gasteiger charge is 2.29. The molecule has 0 spiro atoms. The number of unbranched alkanes of at least 4 members (excludes halogenated alkanes) is 3. The molecule has 3 N–H and O–H groups in total. The maximum absolute atomic E-state index is 12.5. The molecule has 1 rings (SSSR count). The average molecular weight is 300 g/mol. The Bertz CT molecular complexity index is 413. The highest BCUT2D eigenvalue weighted by molar-refractivity contribution is 5.25. The Kier molecular flexibility index (Phi) is 7.47. The highest BCUT2D eigenvalue weighted by Crippen LogP contribution is 2.29. The van der Waals surface area contributed by atoms with Crippen molar-refractivity contribution in [3.8, 4) is 0 Å². The molecule has 0 saturated heterocycles. The number of nitrogens with two attached hydrogens (primary N) is 1. The van der Waals surface area contributed by atoms with E-state index in [1.807, 2.05) is 6.08 Å². The summed E-state index contributed by atoms with van der Waals surface area (Å²) in [5.41, 5.74) is 2.98. The van der Waals surface area contributed by atoms with E-state index in [9.17, 15) is 13.2 Å². The summed E-state index contributed by atoms with van der Waals surface area (Å²) >= 11 is 0. The third kappa shape index (κ3) is 6.78. The van der Waals surface area contributed by atoms with Crippen molar-refractivity contribution < 1.29 is 13.2 Å². The molecule has 0 heterocycles. The minimum absolute atomic E-state index is 0.0884. The zero-order valence-corrected chi connectivity index (χ0v) is 12.1. The molecule has 5 heteroatoms. The first-order chi connectivity index (χ1) is 9.97. The van der Waals surface area contributed by atoms with Crippen LogP contribution in [0.4, 0.5) is 13.2 Å². The van der Waals surface area contributed by atoms with Crippen molar-refractivity contribution in [1.29, 1.82) is 0 Å². The number of nitrogens with one attached hydrogen (secondary N) is 1. The van der Waals surface area contributed by atoms with Gasteiger partial charge in [-0.2, -0.15) is 13.2 Å². The maximum Gasteiger partial charge on any atom is 0.416 e. The lowest BCUT2D eigenvalue weighted by Gasteiger charge is -2.16. The molecule has 0 aromatic heterocycles. The van der Waals surface area contributed by atoms with Crippen molar-refractivity contribution in [1.82, 2.24) is 5.43 Å². The van der Waals surface area contributed by atoms with Gasteiger partial charge < -0.3 is 0 Å². The fourth-order valence-corrected chi connectivity index (χ4v) is 2.21. The van der Waals surface area contributed by atoms with Crippen LogP contribution in [-0.4, -0.2) is 6.04 Å². The molecule has 0 aliphatic rings. The number of alkyl halides is 3. The van der Waals surface area contributed by atoms with Crippen molar-refractivity contribution in [2.45, 2.75) is 50.7 Å². The molecule has 118 valence electrons. The third-order valence-electron chi connectivity index (χ3n) is 3.46. The van der Waals surface area contributed by atoms with Gasteiger partial charge >= 0.3 is 6.18 Å². The van der Waals surface area contributed by atoms with Crippen LogP contribution in [0.2, 0.25) is 0 Å². The van der Waals surface area contributed by atoms with E-state index < -0.39 is 11.7 Å². The molecule has 0 saturated carbocycles. The van der Waals surface area contributed by atoms with Gasteiger partial charge in [0, 0.05) is 6.04 Å². The van der Waals surface area contributed by atoms with Crippen LogP contribution in [0.25, 0.3) is 0 Å². The number of hydrazine groups is 1. The fourth-order valence-electron chi connectivity index (χ4n) is 2.21. The first-order valence-electron chi connectivity index (χ1n) is 7.20. The lowest BCUT2D eigenvalue weighted by Crippen LogP contribution is -2.36. The van der Waals surface area contributed by atoms with E-state index >= 15 is 0 Å². The van der Waals surface area contributed by atoms with Gasteiger partial charge in [-0.05, 0) is 43.4 Å². The van der Waals surface area contributed by atoms with Gasteiger partial charge in [-0.15, -0.1) is 6.58 Å². The van der Waals surface area contributed by atoms with E-state index in [-0.39, 0.29) is 6.04 Å². The molecule has 0 aliphatic heterocycles. The second-order valence-electron chi connectivity index (χ2n) is 5.19. The van der Waals surface area contributed by atoms with Gasteiger partial charge in [0.1, 0.15) is 0 Å². The fraction of sp³-hybridized carbons (Fsp3) is 0.500. The molecule has 0 radical (unpaired) electrons. The van der Waals surface area contributed by atoms with Gasteiger partial charge in [0.15, 0.2) is 0 Å². The van der Waals surface area contributed by atoms with Crippen molar-refractivity contribution in [3.05, 3.63) is 48.0 Å². The Morgan fingerprint density at radius 3 is 2.33 bits per heavy atom. The van der Waals surface area contributed by atoms with Gasteiger partial charge in [-0.1, -0.05) is 31.1 Å². The van der Waals surface area contributed by atoms with E-state index in [0.717, 1.165) is 49.8 Å². The van der Waals surface area contributed by atoms with Crippen molar-refractivity contribution >= 4 is 0 Å². The summed E-state index contributed by atoms with van der Waals surface area (Å²) in [6.07, 6.45) is 3.45. The highest BCUT2D eigenvalue weighted by atomic mass is 19.4. The van der Waals surface area contributed by atoms with E-state index in [0.29, 0.717) is 6.42 Å². The molecular formula is C16H23F3N2. The number of hydrogen-bond donors (Lipinski definition) is 2. The normalized spacial score (nSPS) is 13.1. The average Bonchev–Trinajstić information content (AvgIpc) is 2.45. The van der Waals surface area contributed by atoms with Crippen LogP contribution in [0.15, 0.2) is 36.9 Å². The molecule has 0 fully saturated rings. The first kappa shape index (κ1) is 17.7. The molecule has 1 aromatic rings. The van der Waals surface area contributed by atoms with E-state index in [4.69, 9.17) is 5.84 Å². The summed E-state index contributed by atoms with van der Waals surface area (Å²) < 4.78 is 37.4. The van der Waals surface area contributed by atoms with E-state index in [1.165, 1.54) is 12.1 Å². The molecule has 1 aromatic carbocycles. The smallest absolute Gasteiger partial charge is 0.271 e. The maximum atomic E-state index is 12.5. The van der Waals surface area contributed by atoms with Crippen molar-refractivity contribution in [2.75, 3.05) is 0 Å². The predicted octanol–water partition coefficient (Wildman–Crippen LogP) is 4.22. The predicted molar refractivity (Wildman–Crippen MR) is 79.5 cm³/mol. The Morgan fingerprint density at radius 2 is 1.81 bits per heavy atom. The molecule has 1 unspecified atom stereocenters. The zero-order valence-electron chi connectivity index (χ0n) is 12.1. The monoisotopic (exact) mass is 300 g/mol. The van der Waals surface area contributed by atoms with Crippen LogP contribution >= 0.6 is 0 Å². The van der Waals surface area contributed by atoms with Crippen LogP contribution < -0.4 is 11.3 Å². The van der Waals surface area contributed by atoms with Gasteiger partial charge in [0.2, 0.25) is 0 Å². The van der Waals surface area contributed by atoms with Crippen LogP contribution in [0.5, 0.6) is 0 Å². The Morgan fingerprint density at radius 1 is 1.14 bits per heavy atom. The molecule has 21 heavy (non-hydrogen) atoms. The number of hydrogen-bond acceptors (Lipinski definition) is 2. The van der Waals surface area contributed by atoms with Crippen molar-refractivity contribution in [2.24, 2.45) is 5.84 Å². The SMILES string of the molecule is C=CCCCCCC(Cc1ccc(C(F)(F)F)cc1)NN. The lowest BCUT2D eigenvalue weighted by molar-refractivity contribution is -0.137. The summed E-state index contributed by atoms with van der Waals surface area (Å²) in [5, 5.41) is 0. The van der Waals surface area contributed by atoms with E-state index in [1.54, 1.807) is 0 Å². The van der Waals surface area contributed by atoms with E-state index in [2.05, 4.69) is 12.0 Å². The third-order valence-corrected chi connectivity index (χ3v) is 3.46. The lowest BCUT2D eigenvalue weighted by atomic mass is 9.99. The summed E-state index contributed by atoms with van der Waals surface area (Å²) in [5.74, 6) is 5.51. The second-order valence-corrected chi connectivity index (χ2v) is 5.19. The Labute approximate surface area is 124 Å². The summed E-state index contributed by atoms with van der Waals surface area (Å²) in [7, 11) is 0. The quantitative estimate of drug-likeness (QED) is 0.310. The Hall–Kier alpha value is -1.33. The summed E-state index contributed by atoms with van der Waals surface area (Å²) in [6.45, 7) is 3.68. The minimum atomic E-state index is -4.28. The zero-order chi connectivity index (χ0) is 15.7. The van der Waals surface area contributed by atoms with Crippen LogP contribution in [0.3, 0.4) is 0 Å². The van der Waals surface area contributed by atoms with Gasteiger partial charge in [0.05, 0.1) is 5.56 Å².